The van der Waals surface area contributed by atoms with Gasteiger partial charge in [0.2, 0.25) is 0 Å². The van der Waals surface area contributed by atoms with Gasteiger partial charge in [0.15, 0.2) is 0 Å². The van der Waals surface area contributed by atoms with Gasteiger partial charge in [0, 0.05) is 16.3 Å². The first-order valence-corrected chi connectivity index (χ1v) is 9.90. The minimum Gasteiger partial charge on any atom is -0.303 e. The molecule has 0 spiro atoms. The number of hydrogen-bond donors (Lipinski definition) is 1. The van der Waals surface area contributed by atoms with Gasteiger partial charge in [0.1, 0.15) is 0 Å². The predicted molar refractivity (Wildman–Crippen MR) is 109 cm³/mol. The summed E-state index contributed by atoms with van der Waals surface area (Å²) in [5.74, 6) is 0. The quantitative estimate of drug-likeness (QED) is 0.343. The van der Waals surface area contributed by atoms with E-state index >= 15 is 0 Å². The van der Waals surface area contributed by atoms with E-state index in [1.807, 2.05) is 29.6 Å². The van der Waals surface area contributed by atoms with Crippen LogP contribution in [-0.2, 0) is 19.3 Å². The second-order valence-corrected chi connectivity index (χ2v) is 7.67. The van der Waals surface area contributed by atoms with Crippen LogP contribution >= 0.6 is 22.9 Å². The zero-order valence-corrected chi connectivity index (χ0v) is 15.7. The summed E-state index contributed by atoms with van der Waals surface area (Å²) in [5.41, 5.74) is 4.60. The highest BCUT2D eigenvalue weighted by molar-refractivity contribution is 7.12. The number of aryl methyl sites for hydroxylation is 2. The number of unbranched alkanes of at least 4 members (excludes halogenated alkanes) is 1. The largest absolute Gasteiger partial charge is 0.303 e. The lowest BCUT2D eigenvalue weighted by molar-refractivity contribution is 0.734. The maximum atomic E-state index is 8.17. The molecule has 0 fully saturated rings. The Morgan fingerprint density at radius 1 is 0.840 bits per heavy atom. The van der Waals surface area contributed by atoms with Crippen molar-refractivity contribution < 1.29 is 0 Å². The Morgan fingerprint density at radius 2 is 1.56 bits per heavy atom. The highest BCUT2D eigenvalue weighted by atomic mass is 35.5. The first-order chi connectivity index (χ1) is 12.2. The van der Waals surface area contributed by atoms with Crippen LogP contribution in [0, 0.1) is 5.41 Å². The molecule has 25 heavy (non-hydrogen) atoms. The molecular weight excluding hydrogens is 346 g/mol. The lowest BCUT2D eigenvalue weighted by Crippen LogP contribution is -2.01. The molecule has 1 heterocycles. The Bertz CT molecular complexity index is 806. The third-order valence-corrected chi connectivity index (χ3v) is 5.46. The molecule has 0 aliphatic rings. The fourth-order valence-corrected chi connectivity index (χ4v) is 3.80. The topological polar surface area (TPSA) is 23.9 Å². The predicted octanol–water partition coefficient (Wildman–Crippen LogP) is 6.58. The summed E-state index contributed by atoms with van der Waals surface area (Å²) in [6.07, 6.45) is 5.23. The highest BCUT2D eigenvalue weighted by Gasteiger charge is 2.04. The van der Waals surface area contributed by atoms with Crippen LogP contribution < -0.4 is 0 Å². The number of halogens is 1. The van der Waals surface area contributed by atoms with Crippen LogP contribution in [0.4, 0.5) is 0 Å². The van der Waals surface area contributed by atoms with E-state index in [2.05, 4.69) is 36.4 Å². The van der Waals surface area contributed by atoms with Crippen molar-refractivity contribution in [1.82, 2.24) is 0 Å². The normalized spacial score (nSPS) is 10.8. The van der Waals surface area contributed by atoms with Crippen molar-refractivity contribution in [2.45, 2.75) is 32.1 Å². The lowest BCUT2D eigenvalue weighted by Gasteiger charge is -2.06. The van der Waals surface area contributed by atoms with Crippen molar-refractivity contribution in [3.8, 4) is 0 Å². The first-order valence-electron chi connectivity index (χ1n) is 8.64. The van der Waals surface area contributed by atoms with Gasteiger partial charge >= 0.3 is 0 Å². The summed E-state index contributed by atoms with van der Waals surface area (Å²) in [7, 11) is 0. The molecule has 0 saturated carbocycles. The molecule has 0 aliphatic carbocycles. The van der Waals surface area contributed by atoms with Crippen LogP contribution in [0.25, 0.3) is 0 Å². The summed E-state index contributed by atoms with van der Waals surface area (Å²) >= 11 is 7.66. The van der Waals surface area contributed by atoms with Gasteiger partial charge < -0.3 is 5.41 Å². The molecule has 0 radical (unpaired) electrons. The van der Waals surface area contributed by atoms with Gasteiger partial charge in [0.05, 0.1) is 5.71 Å². The number of rotatable bonds is 8. The Labute approximate surface area is 158 Å². The van der Waals surface area contributed by atoms with E-state index in [9.17, 15) is 0 Å². The minimum atomic E-state index is 0.698. The summed E-state index contributed by atoms with van der Waals surface area (Å²) in [4.78, 5) is 1.06. The first kappa shape index (κ1) is 17.9. The molecule has 3 heteroatoms. The molecule has 0 atom stereocenters. The smallest absolute Gasteiger partial charge is 0.0529 e. The van der Waals surface area contributed by atoms with Crippen LogP contribution in [0.5, 0.6) is 0 Å². The van der Waals surface area contributed by atoms with E-state index in [1.54, 1.807) is 11.3 Å². The third kappa shape index (κ3) is 5.55. The highest BCUT2D eigenvalue weighted by Crippen LogP contribution is 2.16. The summed E-state index contributed by atoms with van der Waals surface area (Å²) in [6, 6.07) is 20.9. The summed E-state index contributed by atoms with van der Waals surface area (Å²) < 4.78 is 0. The van der Waals surface area contributed by atoms with Crippen LogP contribution in [0.3, 0.4) is 0 Å². The molecule has 0 unspecified atom stereocenters. The van der Waals surface area contributed by atoms with Gasteiger partial charge in [-0.25, -0.2) is 0 Å². The number of nitrogens with one attached hydrogen (secondary N) is 1. The monoisotopic (exact) mass is 367 g/mol. The Morgan fingerprint density at radius 3 is 2.24 bits per heavy atom. The minimum absolute atomic E-state index is 0.698. The Balaban J connectivity index is 1.44. The molecule has 1 nitrogen and oxygen atoms in total. The van der Waals surface area contributed by atoms with Crippen molar-refractivity contribution in [3.63, 3.8) is 0 Å². The summed E-state index contributed by atoms with van der Waals surface area (Å²) in [5, 5.41) is 11.0. The second kappa shape index (κ2) is 8.98. The van der Waals surface area contributed by atoms with Crippen molar-refractivity contribution in [1.29, 1.82) is 5.41 Å². The van der Waals surface area contributed by atoms with E-state index in [0.29, 0.717) is 12.1 Å². The van der Waals surface area contributed by atoms with Crippen LogP contribution in [0.1, 0.15) is 34.4 Å². The fraction of sp³-hybridized carbons (Fsp3) is 0.227. The van der Waals surface area contributed by atoms with E-state index in [1.165, 1.54) is 29.5 Å². The standard InChI is InChI=1S/C22H22ClNS/c23-20-8-3-7-18(15-20)6-2-1-5-17-10-12-19(13-11-17)16-21(24)22-9-4-14-25-22/h3-4,7-15,24H,1-2,5-6,16H2. The van der Waals surface area contributed by atoms with Gasteiger partial charge in [-0.1, -0.05) is 54.1 Å². The molecule has 0 amide bonds. The van der Waals surface area contributed by atoms with E-state index in [-0.39, 0.29) is 0 Å². The Hall–Kier alpha value is -1.90. The molecular formula is C22H22ClNS. The Kier molecular flexibility index (Phi) is 6.43. The van der Waals surface area contributed by atoms with Crippen molar-refractivity contribution in [2.75, 3.05) is 0 Å². The van der Waals surface area contributed by atoms with Crippen molar-refractivity contribution >= 4 is 28.6 Å². The zero-order valence-electron chi connectivity index (χ0n) is 14.2. The zero-order chi connectivity index (χ0) is 17.5. The summed E-state index contributed by atoms with van der Waals surface area (Å²) in [6.45, 7) is 0. The van der Waals surface area contributed by atoms with E-state index < -0.39 is 0 Å². The van der Waals surface area contributed by atoms with E-state index in [4.69, 9.17) is 17.0 Å². The maximum Gasteiger partial charge on any atom is 0.0529 e. The maximum absolute atomic E-state index is 8.17. The average Bonchev–Trinajstić information content (AvgIpc) is 3.15. The second-order valence-electron chi connectivity index (χ2n) is 6.29. The number of thiophene rings is 1. The number of hydrogen-bond acceptors (Lipinski definition) is 2. The van der Waals surface area contributed by atoms with Crippen molar-refractivity contribution in [2.24, 2.45) is 0 Å². The third-order valence-electron chi connectivity index (χ3n) is 4.29. The lowest BCUT2D eigenvalue weighted by atomic mass is 10.0. The average molecular weight is 368 g/mol. The van der Waals surface area contributed by atoms with Crippen LogP contribution in [0.2, 0.25) is 5.02 Å². The molecule has 0 bridgehead atoms. The van der Waals surface area contributed by atoms with Gasteiger partial charge in [0.25, 0.3) is 0 Å². The van der Waals surface area contributed by atoms with Crippen molar-refractivity contribution in [3.05, 3.63) is 92.6 Å². The van der Waals surface area contributed by atoms with Crippen LogP contribution in [-0.4, -0.2) is 5.71 Å². The van der Waals surface area contributed by atoms with Gasteiger partial charge in [-0.2, -0.15) is 0 Å². The molecule has 0 saturated heterocycles. The fourth-order valence-electron chi connectivity index (χ4n) is 2.92. The molecule has 2 aromatic carbocycles. The molecule has 1 N–H and O–H groups in total. The molecule has 3 rings (SSSR count). The van der Waals surface area contributed by atoms with Crippen LogP contribution in [0.15, 0.2) is 66.0 Å². The van der Waals surface area contributed by atoms with Gasteiger partial charge in [-0.3, -0.25) is 0 Å². The molecule has 128 valence electrons. The molecule has 3 aromatic rings. The van der Waals surface area contributed by atoms with Gasteiger partial charge in [-0.15, -0.1) is 11.3 Å². The molecule has 0 aliphatic heterocycles. The number of benzene rings is 2. The van der Waals surface area contributed by atoms with Gasteiger partial charge in [-0.05, 0) is 66.0 Å². The molecule has 1 aromatic heterocycles. The van der Waals surface area contributed by atoms with E-state index in [0.717, 1.165) is 22.7 Å². The SMILES string of the molecule is N=C(Cc1ccc(CCCCc2cccc(Cl)c2)cc1)c1cccs1.